The number of rotatable bonds is 5. The van der Waals surface area contributed by atoms with Crippen molar-refractivity contribution in [1.29, 1.82) is 0 Å². The molecule has 21 heavy (non-hydrogen) atoms. The maximum absolute atomic E-state index is 13.4. The van der Waals surface area contributed by atoms with Crippen molar-refractivity contribution in [2.75, 3.05) is 11.9 Å². The van der Waals surface area contributed by atoms with E-state index in [4.69, 9.17) is 4.74 Å². The number of hydrogen-bond donors (Lipinski definition) is 1. The Morgan fingerprint density at radius 1 is 1.29 bits per heavy atom. The third-order valence-corrected chi connectivity index (χ3v) is 3.34. The van der Waals surface area contributed by atoms with Crippen molar-refractivity contribution in [2.24, 2.45) is 0 Å². The van der Waals surface area contributed by atoms with Gasteiger partial charge >= 0.3 is 0 Å². The van der Waals surface area contributed by atoms with Gasteiger partial charge in [-0.25, -0.2) is 4.39 Å². The monoisotopic (exact) mass is 351 g/mol. The zero-order chi connectivity index (χ0) is 15.2. The Morgan fingerprint density at radius 2 is 2.10 bits per heavy atom. The first-order chi connectivity index (χ1) is 10.0. The van der Waals surface area contributed by atoms with Crippen LogP contribution >= 0.6 is 15.9 Å². The number of nitrogens with one attached hydrogen (secondary N) is 1. The third-order valence-electron chi connectivity index (χ3n) is 2.85. The van der Waals surface area contributed by atoms with Gasteiger partial charge in [0.1, 0.15) is 11.6 Å². The van der Waals surface area contributed by atoms with Crippen molar-refractivity contribution in [3.63, 3.8) is 0 Å². The Kier molecular flexibility index (Phi) is 5.33. The molecule has 0 bridgehead atoms. The Morgan fingerprint density at radius 3 is 2.81 bits per heavy atom. The maximum atomic E-state index is 13.4. The fourth-order valence-electron chi connectivity index (χ4n) is 1.71. The number of anilines is 1. The van der Waals surface area contributed by atoms with Crippen molar-refractivity contribution >= 4 is 27.5 Å². The SMILES string of the molecule is Cc1ccc(NC(=O)CCOc2cccc(Br)c2)cc1F. The number of amides is 1. The Hall–Kier alpha value is -1.88. The number of carbonyl (C=O) groups excluding carboxylic acids is 1. The van der Waals surface area contributed by atoms with E-state index in [2.05, 4.69) is 21.2 Å². The third kappa shape index (κ3) is 4.86. The highest BCUT2D eigenvalue weighted by Crippen LogP contribution is 2.18. The van der Waals surface area contributed by atoms with Crippen LogP contribution in [0.5, 0.6) is 5.75 Å². The smallest absolute Gasteiger partial charge is 0.227 e. The summed E-state index contributed by atoms with van der Waals surface area (Å²) in [4.78, 5) is 11.7. The molecular formula is C16H15BrFNO2. The van der Waals surface area contributed by atoms with Gasteiger partial charge in [0.05, 0.1) is 13.0 Å². The maximum Gasteiger partial charge on any atom is 0.227 e. The molecule has 2 aromatic rings. The molecule has 0 aliphatic heterocycles. The zero-order valence-electron chi connectivity index (χ0n) is 11.5. The van der Waals surface area contributed by atoms with Gasteiger partial charge in [0, 0.05) is 10.2 Å². The summed E-state index contributed by atoms with van der Waals surface area (Å²) < 4.78 is 19.7. The van der Waals surface area contributed by atoms with Crippen molar-refractivity contribution in [1.82, 2.24) is 0 Å². The Labute approximate surface area is 131 Å². The normalized spacial score (nSPS) is 10.2. The lowest BCUT2D eigenvalue weighted by molar-refractivity contribution is -0.116. The second-order valence-corrected chi connectivity index (χ2v) is 5.48. The van der Waals surface area contributed by atoms with E-state index in [1.165, 1.54) is 6.07 Å². The fraction of sp³-hybridized carbons (Fsp3) is 0.188. The lowest BCUT2D eigenvalue weighted by Gasteiger charge is -2.08. The molecule has 0 radical (unpaired) electrons. The molecule has 2 rings (SSSR count). The van der Waals surface area contributed by atoms with Gasteiger partial charge in [0.25, 0.3) is 0 Å². The first-order valence-corrected chi connectivity index (χ1v) is 7.28. The molecule has 3 nitrogen and oxygen atoms in total. The molecule has 0 heterocycles. The van der Waals surface area contributed by atoms with Crippen molar-refractivity contribution < 1.29 is 13.9 Å². The highest BCUT2D eigenvalue weighted by molar-refractivity contribution is 9.10. The molecule has 0 saturated heterocycles. The number of hydrogen-bond acceptors (Lipinski definition) is 2. The van der Waals surface area contributed by atoms with Gasteiger partial charge in [-0.15, -0.1) is 0 Å². The minimum atomic E-state index is -0.335. The number of benzene rings is 2. The topological polar surface area (TPSA) is 38.3 Å². The lowest BCUT2D eigenvalue weighted by atomic mass is 10.2. The second-order valence-electron chi connectivity index (χ2n) is 4.57. The molecule has 5 heteroatoms. The van der Waals surface area contributed by atoms with E-state index in [0.717, 1.165) is 4.47 Å². The van der Waals surface area contributed by atoms with E-state index < -0.39 is 0 Å². The number of halogens is 2. The summed E-state index contributed by atoms with van der Waals surface area (Å²) in [5.74, 6) is 0.144. The quantitative estimate of drug-likeness (QED) is 0.871. The van der Waals surface area contributed by atoms with Crippen LogP contribution < -0.4 is 10.1 Å². The summed E-state index contributed by atoms with van der Waals surface area (Å²) in [7, 11) is 0. The van der Waals surface area contributed by atoms with Crippen LogP contribution in [0.1, 0.15) is 12.0 Å². The van der Waals surface area contributed by atoms with Crippen molar-refractivity contribution in [3.05, 3.63) is 58.3 Å². The molecule has 0 aliphatic rings. The van der Waals surface area contributed by atoms with E-state index in [-0.39, 0.29) is 24.8 Å². The molecule has 1 N–H and O–H groups in total. The fourth-order valence-corrected chi connectivity index (χ4v) is 2.09. The number of carbonyl (C=O) groups is 1. The predicted molar refractivity (Wildman–Crippen MR) is 84.0 cm³/mol. The molecule has 0 saturated carbocycles. The van der Waals surface area contributed by atoms with Gasteiger partial charge in [-0.05, 0) is 42.8 Å². The van der Waals surface area contributed by atoms with Gasteiger partial charge in [0.15, 0.2) is 0 Å². The van der Waals surface area contributed by atoms with Gasteiger partial charge in [-0.3, -0.25) is 4.79 Å². The van der Waals surface area contributed by atoms with Gasteiger partial charge in [-0.2, -0.15) is 0 Å². The minimum Gasteiger partial charge on any atom is -0.493 e. The first kappa shape index (κ1) is 15.5. The Bertz CT molecular complexity index is 646. The van der Waals surface area contributed by atoms with Gasteiger partial charge in [0.2, 0.25) is 5.91 Å². The van der Waals surface area contributed by atoms with Crippen LogP contribution in [0.25, 0.3) is 0 Å². The van der Waals surface area contributed by atoms with Crippen LogP contribution in [-0.2, 0) is 4.79 Å². The highest BCUT2D eigenvalue weighted by Gasteiger charge is 2.05. The molecule has 0 unspecified atom stereocenters. The molecule has 0 fully saturated rings. The second kappa shape index (κ2) is 7.22. The number of ether oxygens (including phenoxy) is 1. The van der Waals surface area contributed by atoms with Crippen LogP contribution in [0.4, 0.5) is 10.1 Å². The predicted octanol–water partition coefficient (Wildman–Crippen LogP) is 4.30. The van der Waals surface area contributed by atoms with Crippen LogP contribution in [0.3, 0.4) is 0 Å². The summed E-state index contributed by atoms with van der Waals surface area (Å²) >= 11 is 3.34. The average Bonchev–Trinajstić information content (AvgIpc) is 2.43. The molecule has 0 aliphatic carbocycles. The molecule has 0 spiro atoms. The summed E-state index contributed by atoms with van der Waals surface area (Å²) in [5, 5.41) is 2.64. The zero-order valence-corrected chi connectivity index (χ0v) is 13.1. The van der Waals surface area contributed by atoms with Crippen molar-refractivity contribution in [3.8, 4) is 5.75 Å². The van der Waals surface area contributed by atoms with E-state index in [0.29, 0.717) is 17.0 Å². The summed E-state index contributed by atoms with van der Waals surface area (Å²) in [5.41, 5.74) is 0.997. The summed E-state index contributed by atoms with van der Waals surface area (Å²) in [6.07, 6.45) is 0.196. The van der Waals surface area contributed by atoms with Crippen LogP contribution in [0.2, 0.25) is 0 Å². The molecular weight excluding hydrogens is 337 g/mol. The average molecular weight is 352 g/mol. The first-order valence-electron chi connectivity index (χ1n) is 6.49. The van der Waals surface area contributed by atoms with E-state index >= 15 is 0 Å². The lowest BCUT2D eigenvalue weighted by Crippen LogP contribution is -2.15. The minimum absolute atomic E-state index is 0.196. The molecule has 2 aromatic carbocycles. The Balaban J connectivity index is 1.81. The highest BCUT2D eigenvalue weighted by atomic mass is 79.9. The number of aryl methyl sites for hydroxylation is 1. The molecule has 0 aromatic heterocycles. The van der Waals surface area contributed by atoms with E-state index in [1.54, 1.807) is 19.1 Å². The van der Waals surface area contributed by atoms with Crippen LogP contribution in [0, 0.1) is 12.7 Å². The van der Waals surface area contributed by atoms with Gasteiger partial charge < -0.3 is 10.1 Å². The summed E-state index contributed by atoms with van der Waals surface area (Å²) in [6, 6.07) is 12.0. The van der Waals surface area contributed by atoms with Gasteiger partial charge in [-0.1, -0.05) is 28.1 Å². The van der Waals surface area contributed by atoms with E-state index in [9.17, 15) is 9.18 Å². The van der Waals surface area contributed by atoms with Crippen molar-refractivity contribution in [2.45, 2.75) is 13.3 Å². The van der Waals surface area contributed by atoms with E-state index in [1.807, 2.05) is 24.3 Å². The summed E-state index contributed by atoms with van der Waals surface area (Å²) in [6.45, 7) is 1.93. The van der Waals surface area contributed by atoms with Crippen LogP contribution in [0.15, 0.2) is 46.9 Å². The molecule has 0 atom stereocenters. The molecule has 110 valence electrons. The standard InChI is InChI=1S/C16H15BrFNO2/c1-11-5-6-13(10-15(11)18)19-16(20)7-8-21-14-4-2-3-12(17)9-14/h2-6,9-10H,7-8H2,1H3,(H,19,20). The largest absolute Gasteiger partial charge is 0.493 e. The molecule has 1 amide bonds. The van der Waals surface area contributed by atoms with Crippen LogP contribution in [-0.4, -0.2) is 12.5 Å².